The summed E-state index contributed by atoms with van der Waals surface area (Å²) in [6.07, 6.45) is 0. The van der Waals surface area contributed by atoms with Gasteiger partial charge in [-0.05, 0) is 48.6 Å². The molecule has 7 nitrogen and oxygen atoms in total. The fourth-order valence-corrected chi connectivity index (χ4v) is 5.06. The van der Waals surface area contributed by atoms with Crippen LogP contribution in [-0.4, -0.2) is 32.9 Å². The van der Waals surface area contributed by atoms with Crippen molar-refractivity contribution in [2.75, 3.05) is 18.2 Å². The summed E-state index contributed by atoms with van der Waals surface area (Å²) in [6.45, 7) is 0. The average molecular weight is 471 g/mol. The van der Waals surface area contributed by atoms with Gasteiger partial charge in [0.2, 0.25) is 5.91 Å². The van der Waals surface area contributed by atoms with E-state index in [0.29, 0.717) is 30.9 Å². The molecule has 4 rings (SSSR count). The maximum atomic E-state index is 12.9. The van der Waals surface area contributed by atoms with Crippen LogP contribution in [-0.2, 0) is 11.8 Å². The van der Waals surface area contributed by atoms with E-state index >= 15 is 0 Å². The number of nitrogens with zero attached hydrogens (tertiary/aromatic N) is 3. The topological polar surface area (TPSA) is 78.2 Å². The molecular formula is C21H18N4O3S3. The number of amides is 1. The lowest BCUT2D eigenvalue weighted by Gasteiger charge is -2.09. The third-order valence-corrected chi connectivity index (χ3v) is 6.88. The number of fused-ring (bicyclic) bond motifs is 1. The van der Waals surface area contributed by atoms with Crippen molar-refractivity contribution in [3.8, 4) is 11.4 Å². The molecule has 0 atom stereocenters. The molecule has 0 spiro atoms. The lowest BCUT2D eigenvalue weighted by molar-refractivity contribution is -0.113. The Morgan fingerprint density at radius 1 is 1.19 bits per heavy atom. The van der Waals surface area contributed by atoms with Gasteiger partial charge in [0.25, 0.3) is 5.56 Å². The van der Waals surface area contributed by atoms with E-state index in [9.17, 15) is 9.59 Å². The fourth-order valence-electron chi connectivity index (χ4n) is 2.95. The first kappa shape index (κ1) is 21.3. The van der Waals surface area contributed by atoms with Gasteiger partial charge in [0, 0.05) is 18.4 Å². The van der Waals surface area contributed by atoms with E-state index in [2.05, 4.69) is 10.3 Å². The van der Waals surface area contributed by atoms with Crippen molar-refractivity contribution in [3.63, 3.8) is 0 Å². The number of thioether (sulfide) groups is 1. The SMILES string of the molecule is COc1ccc(NC(=O)CSc2nc3c(sc(=S)n3-c3ccccc3)c(=O)n2C)cc1. The fraction of sp³-hybridized carbons (Fsp3) is 0.143. The highest BCUT2D eigenvalue weighted by atomic mass is 32.2. The quantitative estimate of drug-likeness (QED) is 0.258. The highest BCUT2D eigenvalue weighted by Gasteiger charge is 2.17. The van der Waals surface area contributed by atoms with E-state index in [0.717, 1.165) is 5.69 Å². The van der Waals surface area contributed by atoms with Gasteiger partial charge in [-0.15, -0.1) is 0 Å². The van der Waals surface area contributed by atoms with Gasteiger partial charge in [0.05, 0.1) is 12.9 Å². The molecule has 2 aromatic carbocycles. The molecule has 0 radical (unpaired) electrons. The van der Waals surface area contributed by atoms with E-state index in [1.807, 2.05) is 30.3 Å². The van der Waals surface area contributed by atoms with Crippen LogP contribution >= 0.6 is 35.3 Å². The van der Waals surface area contributed by atoms with Gasteiger partial charge in [0.1, 0.15) is 10.4 Å². The molecule has 0 aliphatic heterocycles. The van der Waals surface area contributed by atoms with Crippen molar-refractivity contribution in [1.29, 1.82) is 0 Å². The molecule has 0 saturated carbocycles. The monoisotopic (exact) mass is 470 g/mol. The lowest BCUT2D eigenvalue weighted by Crippen LogP contribution is -2.21. The van der Waals surface area contributed by atoms with E-state index in [1.165, 1.54) is 27.7 Å². The van der Waals surface area contributed by atoms with Crippen LogP contribution < -0.4 is 15.6 Å². The predicted octanol–water partition coefficient (Wildman–Crippen LogP) is 4.25. The van der Waals surface area contributed by atoms with Crippen LogP contribution in [0.3, 0.4) is 0 Å². The molecule has 0 aliphatic carbocycles. The summed E-state index contributed by atoms with van der Waals surface area (Å²) >= 11 is 7.92. The van der Waals surface area contributed by atoms with Crippen LogP contribution in [0.5, 0.6) is 5.75 Å². The summed E-state index contributed by atoms with van der Waals surface area (Å²) < 4.78 is 9.39. The van der Waals surface area contributed by atoms with E-state index < -0.39 is 0 Å². The number of anilines is 1. The van der Waals surface area contributed by atoms with Crippen molar-refractivity contribution < 1.29 is 9.53 Å². The Labute approximate surface area is 191 Å². The molecule has 31 heavy (non-hydrogen) atoms. The lowest BCUT2D eigenvalue weighted by atomic mass is 10.3. The maximum Gasteiger partial charge on any atom is 0.273 e. The Hall–Kier alpha value is -2.95. The predicted molar refractivity (Wildman–Crippen MR) is 127 cm³/mol. The van der Waals surface area contributed by atoms with Crippen molar-refractivity contribution >= 4 is 57.3 Å². The van der Waals surface area contributed by atoms with Gasteiger partial charge in [0.15, 0.2) is 14.8 Å². The molecule has 1 amide bonds. The number of carbonyl (C=O) groups is 1. The van der Waals surface area contributed by atoms with Crippen LogP contribution in [0, 0.1) is 3.95 Å². The number of aromatic nitrogens is 3. The van der Waals surface area contributed by atoms with Crippen LogP contribution in [0.25, 0.3) is 16.0 Å². The molecule has 0 unspecified atom stereocenters. The van der Waals surface area contributed by atoms with Crippen LogP contribution in [0.1, 0.15) is 0 Å². The third kappa shape index (κ3) is 4.41. The van der Waals surface area contributed by atoms with Gasteiger partial charge < -0.3 is 10.1 Å². The van der Waals surface area contributed by atoms with E-state index in [1.54, 1.807) is 43.0 Å². The Morgan fingerprint density at radius 3 is 2.58 bits per heavy atom. The molecule has 0 saturated heterocycles. The van der Waals surface area contributed by atoms with Gasteiger partial charge in [-0.2, -0.15) is 0 Å². The second-order valence-electron chi connectivity index (χ2n) is 6.52. The van der Waals surface area contributed by atoms with Gasteiger partial charge in [-0.1, -0.05) is 41.3 Å². The van der Waals surface area contributed by atoms with Crippen molar-refractivity contribution in [2.45, 2.75) is 5.16 Å². The normalized spacial score (nSPS) is 10.9. The zero-order valence-electron chi connectivity index (χ0n) is 16.7. The minimum absolute atomic E-state index is 0.105. The molecular weight excluding hydrogens is 452 g/mol. The second kappa shape index (κ2) is 9.04. The number of methoxy groups -OCH3 is 1. The summed E-state index contributed by atoms with van der Waals surface area (Å²) in [5.41, 5.74) is 1.82. The van der Waals surface area contributed by atoms with Crippen LogP contribution in [0.4, 0.5) is 5.69 Å². The summed E-state index contributed by atoms with van der Waals surface area (Å²) in [6, 6.07) is 16.6. The van der Waals surface area contributed by atoms with Crippen molar-refractivity contribution in [3.05, 3.63) is 68.9 Å². The van der Waals surface area contributed by atoms with Gasteiger partial charge in [-0.25, -0.2) is 4.98 Å². The maximum absolute atomic E-state index is 12.9. The van der Waals surface area contributed by atoms with E-state index in [4.69, 9.17) is 17.0 Å². The molecule has 1 N–H and O–H groups in total. The number of carbonyl (C=O) groups excluding carboxylic acids is 1. The Bertz CT molecular complexity index is 1360. The average Bonchev–Trinajstić information content (AvgIpc) is 3.12. The smallest absolute Gasteiger partial charge is 0.273 e. The van der Waals surface area contributed by atoms with Gasteiger partial charge >= 0.3 is 0 Å². The Kier molecular flexibility index (Phi) is 6.21. The minimum Gasteiger partial charge on any atom is -0.497 e. The molecule has 0 fully saturated rings. The van der Waals surface area contributed by atoms with Crippen LogP contribution in [0.2, 0.25) is 0 Å². The first-order valence-electron chi connectivity index (χ1n) is 9.22. The summed E-state index contributed by atoms with van der Waals surface area (Å²) in [5, 5.41) is 3.27. The first-order chi connectivity index (χ1) is 15.0. The number of thiazole rings is 1. The highest BCUT2D eigenvalue weighted by Crippen LogP contribution is 2.25. The minimum atomic E-state index is -0.199. The number of benzene rings is 2. The number of rotatable bonds is 6. The highest BCUT2D eigenvalue weighted by molar-refractivity contribution is 7.99. The molecule has 4 aromatic rings. The summed E-state index contributed by atoms with van der Waals surface area (Å²) in [4.78, 5) is 30.0. The van der Waals surface area contributed by atoms with E-state index in [-0.39, 0.29) is 17.2 Å². The molecule has 10 heteroatoms. The number of ether oxygens (including phenoxy) is 1. The molecule has 0 aliphatic rings. The largest absolute Gasteiger partial charge is 0.497 e. The molecule has 2 aromatic heterocycles. The summed E-state index contributed by atoms with van der Waals surface area (Å²) in [5.74, 6) is 0.617. The Balaban J connectivity index is 1.60. The third-order valence-electron chi connectivity index (χ3n) is 4.49. The molecule has 2 heterocycles. The number of hydrogen-bond acceptors (Lipinski definition) is 7. The zero-order valence-corrected chi connectivity index (χ0v) is 19.1. The van der Waals surface area contributed by atoms with Crippen molar-refractivity contribution in [2.24, 2.45) is 7.05 Å². The number of nitrogens with one attached hydrogen (secondary N) is 1. The standard InChI is InChI=1S/C21H18N4O3S3/c1-24-19(27)17-18(25(21(29)31-17)14-6-4-3-5-7-14)23-20(24)30-12-16(26)22-13-8-10-15(28-2)11-9-13/h3-11H,12H2,1-2H3,(H,22,26). The molecule has 158 valence electrons. The first-order valence-corrected chi connectivity index (χ1v) is 11.4. The molecule has 0 bridgehead atoms. The summed E-state index contributed by atoms with van der Waals surface area (Å²) in [7, 11) is 3.23. The van der Waals surface area contributed by atoms with Gasteiger partial charge in [-0.3, -0.25) is 18.7 Å². The van der Waals surface area contributed by atoms with Crippen molar-refractivity contribution in [1.82, 2.24) is 14.1 Å². The Morgan fingerprint density at radius 2 is 1.90 bits per heavy atom. The number of para-hydroxylation sites is 1. The zero-order chi connectivity index (χ0) is 22.0. The van der Waals surface area contributed by atoms with Crippen LogP contribution in [0.15, 0.2) is 64.5 Å². The number of hydrogen-bond donors (Lipinski definition) is 1. The second-order valence-corrected chi connectivity index (χ2v) is 9.10.